The van der Waals surface area contributed by atoms with E-state index in [1.54, 1.807) is 6.07 Å². The van der Waals surface area contributed by atoms with Crippen LogP contribution in [-0.2, 0) is 0 Å². The first-order valence-electron chi connectivity index (χ1n) is 5.67. The Balaban J connectivity index is 2.14. The molecule has 2 rings (SSSR count). The van der Waals surface area contributed by atoms with E-state index in [1.807, 2.05) is 12.1 Å². The summed E-state index contributed by atoms with van der Waals surface area (Å²) in [6.45, 7) is 2.17. The van der Waals surface area contributed by atoms with Crippen molar-refractivity contribution in [2.24, 2.45) is 5.92 Å². The van der Waals surface area contributed by atoms with Gasteiger partial charge in [0.25, 0.3) is 0 Å². The number of halogens is 1. The summed E-state index contributed by atoms with van der Waals surface area (Å²) in [5.74, 6) is 0.741. The second-order valence-electron chi connectivity index (χ2n) is 4.40. The molecular weight excluding hydrogens is 220 g/mol. The van der Waals surface area contributed by atoms with E-state index < -0.39 is 0 Å². The maximum Gasteiger partial charge on any atom is 0.103 e. The number of rotatable bonds is 3. The van der Waals surface area contributed by atoms with Gasteiger partial charge in [-0.15, -0.1) is 0 Å². The van der Waals surface area contributed by atoms with Crippen LogP contribution in [-0.4, -0.2) is 6.04 Å². The van der Waals surface area contributed by atoms with Gasteiger partial charge in [0, 0.05) is 6.04 Å². The Morgan fingerprint density at radius 2 is 2.25 bits per heavy atom. The predicted molar refractivity (Wildman–Crippen MR) is 66.6 cm³/mol. The van der Waals surface area contributed by atoms with Crippen LogP contribution in [0, 0.1) is 17.2 Å². The summed E-state index contributed by atoms with van der Waals surface area (Å²) >= 11 is 5.98. The number of benzene rings is 1. The third-order valence-corrected chi connectivity index (χ3v) is 3.68. The molecule has 1 unspecified atom stereocenters. The molecule has 84 valence electrons. The van der Waals surface area contributed by atoms with E-state index in [0.29, 0.717) is 16.6 Å². The lowest BCUT2D eigenvalue weighted by atomic mass is 9.80. The largest absolute Gasteiger partial charge is 0.381 e. The van der Waals surface area contributed by atoms with Crippen molar-refractivity contribution < 1.29 is 0 Å². The van der Waals surface area contributed by atoms with E-state index in [2.05, 4.69) is 18.3 Å². The van der Waals surface area contributed by atoms with Gasteiger partial charge < -0.3 is 5.32 Å². The molecule has 0 bridgehead atoms. The molecule has 0 amide bonds. The van der Waals surface area contributed by atoms with Crippen LogP contribution in [0.15, 0.2) is 18.2 Å². The average molecular weight is 235 g/mol. The zero-order chi connectivity index (χ0) is 11.5. The molecule has 1 aliphatic carbocycles. The van der Waals surface area contributed by atoms with Crippen molar-refractivity contribution in [3.8, 4) is 6.07 Å². The highest BCUT2D eigenvalue weighted by atomic mass is 35.5. The molecule has 3 heteroatoms. The van der Waals surface area contributed by atoms with Crippen molar-refractivity contribution in [2.45, 2.75) is 32.2 Å². The first-order valence-corrected chi connectivity index (χ1v) is 6.05. The molecule has 2 nitrogen and oxygen atoms in total. The summed E-state index contributed by atoms with van der Waals surface area (Å²) in [6, 6.07) is 8.11. The van der Waals surface area contributed by atoms with Crippen LogP contribution in [0.25, 0.3) is 0 Å². The van der Waals surface area contributed by atoms with Crippen molar-refractivity contribution >= 4 is 17.3 Å². The van der Waals surface area contributed by atoms with E-state index >= 15 is 0 Å². The molecule has 0 aromatic heterocycles. The van der Waals surface area contributed by atoms with Gasteiger partial charge in [-0.25, -0.2) is 0 Å². The second kappa shape index (κ2) is 4.76. The number of nitrogens with zero attached hydrogens (tertiary/aromatic N) is 1. The number of hydrogen-bond donors (Lipinski definition) is 1. The van der Waals surface area contributed by atoms with Gasteiger partial charge in [-0.3, -0.25) is 0 Å². The minimum atomic E-state index is 0.416. The summed E-state index contributed by atoms with van der Waals surface area (Å²) in [5.41, 5.74) is 1.41. The van der Waals surface area contributed by atoms with Crippen molar-refractivity contribution in [3.63, 3.8) is 0 Å². The van der Waals surface area contributed by atoms with Crippen molar-refractivity contribution in [3.05, 3.63) is 28.8 Å². The van der Waals surface area contributed by atoms with Crippen LogP contribution in [0.4, 0.5) is 5.69 Å². The highest BCUT2D eigenvalue weighted by Gasteiger charge is 2.24. The number of hydrogen-bond acceptors (Lipinski definition) is 2. The first-order chi connectivity index (χ1) is 7.72. The Morgan fingerprint density at radius 1 is 1.50 bits per heavy atom. The second-order valence-corrected chi connectivity index (χ2v) is 4.81. The summed E-state index contributed by atoms with van der Waals surface area (Å²) in [5, 5.41) is 13.0. The third kappa shape index (κ3) is 2.15. The average Bonchev–Trinajstić information content (AvgIpc) is 2.15. The number of nitriles is 1. The van der Waals surface area contributed by atoms with Gasteiger partial charge >= 0.3 is 0 Å². The monoisotopic (exact) mass is 234 g/mol. The van der Waals surface area contributed by atoms with Gasteiger partial charge in [0.1, 0.15) is 6.07 Å². The lowest BCUT2D eigenvalue weighted by Gasteiger charge is -2.32. The zero-order valence-corrected chi connectivity index (χ0v) is 10.1. The molecule has 0 spiro atoms. The molecule has 0 radical (unpaired) electrons. The topological polar surface area (TPSA) is 35.8 Å². The molecule has 0 saturated heterocycles. The minimum Gasteiger partial charge on any atom is -0.381 e. The molecule has 0 heterocycles. The van der Waals surface area contributed by atoms with Gasteiger partial charge in [-0.1, -0.05) is 24.1 Å². The molecule has 0 aliphatic heterocycles. The van der Waals surface area contributed by atoms with Crippen LogP contribution in [0.3, 0.4) is 0 Å². The summed E-state index contributed by atoms with van der Waals surface area (Å²) in [4.78, 5) is 0. The normalized spacial score (nSPS) is 17.3. The van der Waals surface area contributed by atoms with Crippen LogP contribution >= 0.6 is 11.6 Å². The fourth-order valence-electron chi connectivity index (χ4n) is 2.06. The van der Waals surface area contributed by atoms with Crippen LogP contribution in [0.1, 0.15) is 31.7 Å². The Labute approximate surface area is 101 Å². The Morgan fingerprint density at radius 3 is 2.81 bits per heavy atom. The van der Waals surface area contributed by atoms with E-state index in [4.69, 9.17) is 16.9 Å². The molecule has 1 aliphatic rings. The standard InChI is InChI=1S/C13H15ClN2/c1-9(10-4-2-5-10)16-13-7-3-6-12(14)11(13)8-15/h3,6-7,9-10,16H,2,4-5H2,1H3. The van der Waals surface area contributed by atoms with Crippen molar-refractivity contribution in [2.75, 3.05) is 5.32 Å². The Bertz CT molecular complexity index is 418. The quantitative estimate of drug-likeness (QED) is 0.863. The molecule has 1 fully saturated rings. The van der Waals surface area contributed by atoms with Crippen molar-refractivity contribution in [1.82, 2.24) is 0 Å². The fourth-order valence-corrected chi connectivity index (χ4v) is 2.28. The van der Waals surface area contributed by atoms with Crippen LogP contribution in [0.2, 0.25) is 5.02 Å². The van der Waals surface area contributed by atoms with Gasteiger partial charge in [-0.05, 0) is 37.8 Å². The smallest absolute Gasteiger partial charge is 0.103 e. The first kappa shape index (κ1) is 11.3. The third-order valence-electron chi connectivity index (χ3n) is 3.37. The summed E-state index contributed by atoms with van der Waals surface area (Å²) < 4.78 is 0. The minimum absolute atomic E-state index is 0.416. The highest BCUT2D eigenvalue weighted by Crippen LogP contribution is 2.32. The SMILES string of the molecule is CC(Nc1cccc(Cl)c1C#N)C1CCC1. The van der Waals surface area contributed by atoms with Crippen LogP contribution < -0.4 is 5.32 Å². The Hall–Kier alpha value is -1.20. The van der Waals surface area contributed by atoms with E-state index in [0.717, 1.165) is 11.6 Å². The van der Waals surface area contributed by atoms with Gasteiger partial charge in [0.05, 0.1) is 16.3 Å². The van der Waals surface area contributed by atoms with E-state index in [9.17, 15) is 0 Å². The molecule has 1 saturated carbocycles. The predicted octanol–water partition coefficient (Wildman–Crippen LogP) is 3.81. The number of nitrogens with one attached hydrogen (secondary N) is 1. The maximum atomic E-state index is 9.05. The number of anilines is 1. The van der Waals surface area contributed by atoms with E-state index in [1.165, 1.54) is 19.3 Å². The van der Waals surface area contributed by atoms with Gasteiger partial charge in [0.2, 0.25) is 0 Å². The van der Waals surface area contributed by atoms with Crippen LogP contribution in [0.5, 0.6) is 0 Å². The molecular formula is C13H15ClN2. The van der Waals surface area contributed by atoms with Gasteiger partial charge in [-0.2, -0.15) is 5.26 Å². The fraction of sp³-hybridized carbons (Fsp3) is 0.462. The molecule has 16 heavy (non-hydrogen) atoms. The lowest BCUT2D eigenvalue weighted by Crippen LogP contribution is -2.31. The molecule has 1 atom stereocenters. The van der Waals surface area contributed by atoms with Gasteiger partial charge in [0.15, 0.2) is 0 Å². The maximum absolute atomic E-state index is 9.05. The highest BCUT2D eigenvalue weighted by molar-refractivity contribution is 6.32. The summed E-state index contributed by atoms with van der Waals surface area (Å²) in [6.07, 6.45) is 3.91. The lowest BCUT2D eigenvalue weighted by molar-refractivity contribution is 0.285. The van der Waals surface area contributed by atoms with Crippen molar-refractivity contribution in [1.29, 1.82) is 5.26 Å². The molecule has 1 aromatic rings. The summed E-state index contributed by atoms with van der Waals surface area (Å²) in [7, 11) is 0. The zero-order valence-electron chi connectivity index (χ0n) is 9.33. The Kier molecular flexibility index (Phi) is 3.36. The molecule has 1 N–H and O–H groups in total. The van der Waals surface area contributed by atoms with E-state index in [-0.39, 0.29) is 0 Å². The molecule has 1 aromatic carbocycles.